The lowest BCUT2D eigenvalue weighted by Gasteiger charge is -2.09. The molecule has 1 N–H and O–H groups in total. The maximum absolute atomic E-state index is 12.7. The van der Waals surface area contributed by atoms with Gasteiger partial charge in [-0.05, 0) is 35.9 Å². The van der Waals surface area contributed by atoms with Crippen LogP contribution in [0, 0.1) is 0 Å². The van der Waals surface area contributed by atoms with Crippen LogP contribution in [0.2, 0.25) is 0 Å². The molecule has 3 nitrogen and oxygen atoms in total. The Hall–Kier alpha value is -3.28. The van der Waals surface area contributed by atoms with Gasteiger partial charge in [-0.3, -0.25) is 5.43 Å². The number of hydrazone groups is 1. The van der Waals surface area contributed by atoms with Crippen LogP contribution in [0.1, 0.15) is 16.7 Å². The normalized spacial score (nSPS) is 11.5. The van der Waals surface area contributed by atoms with Gasteiger partial charge in [-0.15, -0.1) is 0 Å². The predicted molar refractivity (Wildman–Crippen MR) is 99.9 cm³/mol. The summed E-state index contributed by atoms with van der Waals surface area (Å²) in [7, 11) is 0. The van der Waals surface area contributed by atoms with E-state index in [1.54, 1.807) is 0 Å². The molecule has 0 saturated carbocycles. The third-order valence-electron chi connectivity index (χ3n) is 3.74. The van der Waals surface area contributed by atoms with E-state index in [0.717, 1.165) is 17.7 Å². The van der Waals surface area contributed by atoms with Crippen molar-refractivity contribution in [3.8, 4) is 5.75 Å². The molecule has 3 rings (SSSR count). The standard InChI is InChI=1S/C21H17F3N2O/c22-21(23,24)18-10-6-11-19(13-18)26-25-14-17-9-4-5-12-20(17)27-15-16-7-2-1-3-8-16/h1-14,26H,15H2. The fraction of sp³-hybridized carbons (Fsp3) is 0.0952. The highest BCUT2D eigenvalue weighted by Gasteiger charge is 2.30. The van der Waals surface area contributed by atoms with Crippen LogP contribution in [0.3, 0.4) is 0 Å². The van der Waals surface area contributed by atoms with Crippen LogP contribution in [0.4, 0.5) is 18.9 Å². The smallest absolute Gasteiger partial charge is 0.416 e. The Morgan fingerprint density at radius 3 is 2.41 bits per heavy atom. The number of hydrogen-bond donors (Lipinski definition) is 1. The first-order valence-corrected chi connectivity index (χ1v) is 8.24. The Morgan fingerprint density at radius 1 is 0.889 bits per heavy atom. The predicted octanol–water partition coefficient (Wildman–Crippen LogP) is 5.73. The zero-order valence-corrected chi connectivity index (χ0v) is 14.3. The first kappa shape index (κ1) is 18.5. The molecular formula is C21H17F3N2O. The molecule has 6 heteroatoms. The van der Waals surface area contributed by atoms with Crippen LogP contribution >= 0.6 is 0 Å². The summed E-state index contributed by atoms with van der Waals surface area (Å²) in [6.45, 7) is 0.409. The monoisotopic (exact) mass is 370 g/mol. The van der Waals surface area contributed by atoms with Gasteiger partial charge in [-0.1, -0.05) is 48.5 Å². The minimum atomic E-state index is -4.39. The van der Waals surface area contributed by atoms with E-state index in [2.05, 4.69) is 10.5 Å². The second kappa shape index (κ2) is 8.40. The molecule has 0 amide bonds. The topological polar surface area (TPSA) is 33.6 Å². The van der Waals surface area contributed by atoms with Crippen molar-refractivity contribution >= 4 is 11.9 Å². The summed E-state index contributed by atoms with van der Waals surface area (Å²) >= 11 is 0. The van der Waals surface area contributed by atoms with Crippen molar-refractivity contribution in [2.24, 2.45) is 5.10 Å². The van der Waals surface area contributed by atoms with E-state index in [-0.39, 0.29) is 5.69 Å². The molecule has 0 atom stereocenters. The van der Waals surface area contributed by atoms with Gasteiger partial charge >= 0.3 is 6.18 Å². The summed E-state index contributed by atoms with van der Waals surface area (Å²) in [5, 5.41) is 4.03. The molecule has 0 radical (unpaired) electrons. The fourth-order valence-electron chi connectivity index (χ4n) is 2.40. The third-order valence-corrected chi connectivity index (χ3v) is 3.74. The molecule has 0 aromatic heterocycles. The number of nitrogens with one attached hydrogen (secondary N) is 1. The van der Waals surface area contributed by atoms with E-state index in [9.17, 15) is 13.2 Å². The highest BCUT2D eigenvalue weighted by molar-refractivity contribution is 5.84. The molecule has 0 heterocycles. The maximum atomic E-state index is 12.7. The number of benzene rings is 3. The lowest BCUT2D eigenvalue weighted by Crippen LogP contribution is -2.05. The minimum absolute atomic E-state index is 0.253. The van der Waals surface area contributed by atoms with Gasteiger partial charge in [0, 0.05) is 5.56 Å². The van der Waals surface area contributed by atoms with Crippen molar-refractivity contribution in [1.29, 1.82) is 0 Å². The number of rotatable bonds is 6. The average Bonchev–Trinajstić information content (AvgIpc) is 2.68. The SMILES string of the molecule is FC(F)(F)c1cccc(NN=Cc2ccccc2OCc2ccccc2)c1. The van der Waals surface area contributed by atoms with Crippen LogP contribution in [0.5, 0.6) is 5.75 Å². The zero-order chi connectivity index (χ0) is 19.1. The summed E-state index contributed by atoms with van der Waals surface area (Å²) in [4.78, 5) is 0. The number of para-hydroxylation sites is 1. The van der Waals surface area contributed by atoms with Crippen molar-refractivity contribution in [2.75, 3.05) is 5.43 Å². The van der Waals surface area contributed by atoms with Gasteiger partial charge in [0.15, 0.2) is 0 Å². The zero-order valence-electron chi connectivity index (χ0n) is 14.3. The number of hydrogen-bond acceptors (Lipinski definition) is 3. The first-order chi connectivity index (χ1) is 13.0. The van der Waals surface area contributed by atoms with Crippen molar-refractivity contribution in [2.45, 2.75) is 12.8 Å². The summed E-state index contributed by atoms with van der Waals surface area (Å²) in [6.07, 6.45) is -2.88. The molecule has 0 fully saturated rings. The van der Waals surface area contributed by atoms with E-state index < -0.39 is 11.7 Å². The molecule has 0 aliphatic carbocycles. The number of alkyl halides is 3. The summed E-state index contributed by atoms with van der Waals surface area (Å²) < 4.78 is 44.1. The van der Waals surface area contributed by atoms with Crippen molar-refractivity contribution in [3.05, 3.63) is 95.6 Å². The van der Waals surface area contributed by atoms with E-state index in [4.69, 9.17) is 4.74 Å². The molecule has 0 aliphatic heterocycles. The quantitative estimate of drug-likeness (QED) is 0.444. The Balaban J connectivity index is 1.67. The lowest BCUT2D eigenvalue weighted by atomic mass is 10.2. The van der Waals surface area contributed by atoms with Crippen LogP contribution in [0.15, 0.2) is 84.0 Å². The van der Waals surface area contributed by atoms with Gasteiger partial charge in [-0.2, -0.15) is 18.3 Å². The molecule has 3 aromatic rings. The fourth-order valence-corrected chi connectivity index (χ4v) is 2.40. The van der Waals surface area contributed by atoms with Gasteiger partial charge in [0.1, 0.15) is 12.4 Å². The van der Waals surface area contributed by atoms with Crippen molar-refractivity contribution in [3.63, 3.8) is 0 Å². The first-order valence-electron chi connectivity index (χ1n) is 8.24. The third kappa shape index (κ3) is 5.34. The lowest BCUT2D eigenvalue weighted by molar-refractivity contribution is -0.137. The second-order valence-corrected chi connectivity index (χ2v) is 5.76. The van der Waals surface area contributed by atoms with Crippen molar-refractivity contribution in [1.82, 2.24) is 0 Å². The summed E-state index contributed by atoms with van der Waals surface area (Å²) in [5.41, 5.74) is 3.90. The molecule has 0 spiro atoms. The Labute approximate surface area is 155 Å². The highest BCUT2D eigenvalue weighted by atomic mass is 19.4. The highest BCUT2D eigenvalue weighted by Crippen LogP contribution is 2.30. The molecule has 0 saturated heterocycles. The van der Waals surface area contributed by atoms with Gasteiger partial charge in [0.25, 0.3) is 0 Å². The molecule has 0 bridgehead atoms. The Kier molecular flexibility index (Phi) is 5.76. The van der Waals surface area contributed by atoms with E-state index in [0.29, 0.717) is 17.9 Å². The Bertz CT molecular complexity index is 909. The van der Waals surface area contributed by atoms with Crippen LogP contribution in [-0.2, 0) is 12.8 Å². The minimum Gasteiger partial charge on any atom is -0.488 e. The van der Waals surface area contributed by atoms with E-state index in [1.807, 2.05) is 54.6 Å². The van der Waals surface area contributed by atoms with E-state index in [1.165, 1.54) is 18.3 Å². The maximum Gasteiger partial charge on any atom is 0.416 e. The van der Waals surface area contributed by atoms with Gasteiger partial charge in [-0.25, -0.2) is 0 Å². The van der Waals surface area contributed by atoms with Gasteiger partial charge in [0.2, 0.25) is 0 Å². The molecule has 3 aromatic carbocycles. The second-order valence-electron chi connectivity index (χ2n) is 5.76. The molecule has 0 unspecified atom stereocenters. The number of anilines is 1. The average molecular weight is 370 g/mol. The molecular weight excluding hydrogens is 353 g/mol. The Morgan fingerprint density at radius 2 is 1.63 bits per heavy atom. The van der Waals surface area contributed by atoms with Gasteiger partial charge in [0.05, 0.1) is 17.5 Å². The number of ether oxygens (including phenoxy) is 1. The largest absolute Gasteiger partial charge is 0.488 e. The van der Waals surface area contributed by atoms with Crippen LogP contribution in [0.25, 0.3) is 0 Å². The molecule has 0 aliphatic rings. The number of nitrogens with zero attached hydrogens (tertiary/aromatic N) is 1. The summed E-state index contributed by atoms with van der Waals surface area (Å²) in [5.74, 6) is 0.635. The molecule has 138 valence electrons. The summed E-state index contributed by atoms with van der Waals surface area (Å²) in [6, 6.07) is 21.9. The van der Waals surface area contributed by atoms with Gasteiger partial charge < -0.3 is 4.74 Å². The van der Waals surface area contributed by atoms with E-state index >= 15 is 0 Å². The molecule has 27 heavy (non-hydrogen) atoms. The van der Waals surface area contributed by atoms with Crippen LogP contribution < -0.4 is 10.2 Å². The van der Waals surface area contributed by atoms with Crippen LogP contribution in [-0.4, -0.2) is 6.21 Å². The number of halogens is 3. The van der Waals surface area contributed by atoms with Crippen molar-refractivity contribution < 1.29 is 17.9 Å².